The zero-order valence-corrected chi connectivity index (χ0v) is 12.3. The van der Waals surface area contributed by atoms with Crippen molar-refractivity contribution in [2.45, 2.75) is 57.1 Å². The summed E-state index contributed by atoms with van der Waals surface area (Å²) in [6.07, 6.45) is 6.91. The average Bonchev–Trinajstić information content (AvgIpc) is 2.88. The number of nitrogens with two attached hydrogens (primary N) is 1. The van der Waals surface area contributed by atoms with Crippen LogP contribution < -0.4 is 5.73 Å². The van der Waals surface area contributed by atoms with Gasteiger partial charge in [-0.05, 0) is 54.0 Å². The van der Waals surface area contributed by atoms with Crippen molar-refractivity contribution in [1.82, 2.24) is 0 Å². The molecular formula is C15H25NOS. The number of thiophene rings is 1. The van der Waals surface area contributed by atoms with E-state index in [1.807, 2.05) is 7.11 Å². The minimum atomic E-state index is -0.0757. The summed E-state index contributed by atoms with van der Waals surface area (Å²) >= 11 is 1.76. The quantitative estimate of drug-likeness (QED) is 0.884. The molecule has 0 amide bonds. The molecule has 1 aliphatic rings. The molecule has 1 saturated carbocycles. The van der Waals surface area contributed by atoms with Gasteiger partial charge in [-0.1, -0.05) is 19.8 Å². The smallest absolute Gasteiger partial charge is 0.0831 e. The molecule has 0 spiro atoms. The molecule has 2 nitrogen and oxygen atoms in total. The Bertz CT molecular complexity index is 351. The van der Waals surface area contributed by atoms with Crippen LogP contribution in [0.1, 0.15) is 44.6 Å². The molecule has 1 aliphatic carbocycles. The summed E-state index contributed by atoms with van der Waals surface area (Å²) in [4.78, 5) is 0. The highest BCUT2D eigenvalue weighted by atomic mass is 32.1. The standard InChI is InChI=1S/C15H25NOS/c1-12-4-3-8-15(10-12,17-2)14(16)6-5-13-7-9-18-11-13/h7,9,11-12,14H,3-6,8,10,16H2,1-2H3. The van der Waals surface area contributed by atoms with Crippen molar-refractivity contribution in [3.05, 3.63) is 22.4 Å². The van der Waals surface area contributed by atoms with Gasteiger partial charge in [0.15, 0.2) is 0 Å². The van der Waals surface area contributed by atoms with Crippen LogP contribution in [0.4, 0.5) is 0 Å². The molecule has 0 radical (unpaired) electrons. The average molecular weight is 267 g/mol. The third kappa shape index (κ3) is 3.14. The van der Waals surface area contributed by atoms with E-state index >= 15 is 0 Å². The second-order valence-electron chi connectivity index (χ2n) is 5.75. The Kier molecular flexibility index (Phi) is 4.82. The van der Waals surface area contributed by atoms with Crippen LogP contribution in [0.25, 0.3) is 0 Å². The van der Waals surface area contributed by atoms with Crippen LogP contribution in [-0.2, 0) is 11.2 Å². The Hall–Kier alpha value is -0.380. The highest BCUT2D eigenvalue weighted by Gasteiger charge is 2.39. The molecule has 1 aromatic heterocycles. The van der Waals surface area contributed by atoms with E-state index in [-0.39, 0.29) is 11.6 Å². The molecule has 1 aromatic rings. The predicted octanol–water partition coefficient (Wildman–Crippen LogP) is 3.60. The van der Waals surface area contributed by atoms with Crippen LogP contribution in [0.2, 0.25) is 0 Å². The molecule has 1 fully saturated rings. The van der Waals surface area contributed by atoms with Crippen LogP contribution in [0.15, 0.2) is 16.8 Å². The Labute approximate surface area is 115 Å². The first kappa shape index (κ1) is 14.0. The number of aryl methyl sites for hydroxylation is 1. The van der Waals surface area contributed by atoms with Crippen molar-refractivity contribution in [3.63, 3.8) is 0 Å². The molecule has 3 atom stereocenters. The van der Waals surface area contributed by atoms with E-state index in [1.165, 1.54) is 18.4 Å². The summed E-state index contributed by atoms with van der Waals surface area (Å²) in [6, 6.07) is 2.35. The monoisotopic (exact) mass is 267 g/mol. The van der Waals surface area contributed by atoms with Crippen molar-refractivity contribution in [3.8, 4) is 0 Å². The molecule has 0 bridgehead atoms. The lowest BCUT2D eigenvalue weighted by molar-refractivity contribution is -0.0721. The first-order chi connectivity index (χ1) is 8.66. The van der Waals surface area contributed by atoms with E-state index in [9.17, 15) is 0 Å². The highest BCUT2D eigenvalue weighted by molar-refractivity contribution is 7.07. The summed E-state index contributed by atoms with van der Waals surface area (Å²) < 4.78 is 5.86. The van der Waals surface area contributed by atoms with E-state index in [0.29, 0.717) is 0 Å². The maximum Gasteiger partial charge on any atom is 0.0831 e. The Balaban J connectivity index is 1.94. The summed E-state index contributed by atoms with van der Waals surface area (Å²) in [5.41, 5.74) is 7.78. The molecule has 2 rings (SSSR count). The molecular weight excluding hydrogens is 242 g/mol. The third-order valence-corrected chi connectivity index (χ3v) is 5.13. The SMILES string of the molecule is COC1(C(N)CCc2ccsc2)CCCC(C)C1. The molecule has 0 aromatic carbocycles. The van der Waals surface area contributed by atoms with Gasteiger partial charge in [0.25, 0.3) is 0 Å². The molecule has 0 saturated heterocycles. The summed E-state index contributed by atoms with van der Waals surface area (Å²) in [5, 5.41) is 4.35. The maximum atomic E-state index is 6.45. The van der Waals surface area contributed by atoms with E-state index < -0.39 is 0 Å². The Morgan fingerprint density at radius 3 is 3.06 bits per heavy atom. The van der Waals surface area contributed by atoms with Crippen molar-refractivity contribution < 1.29 is 4.74 Å². The third-order valence-electron chi connectivity index (χ3n) is 4.40. The zero-order valence-electron chi connectivity index (χ0n) is 11.5. The second-order valence-corrected chi connectivity index (χ2v) is 6.53. The fraction of sp³-hybridized carbons (Fsp3) is 0.733. The van der Waals surface area contributed by atoms with Gasteiger partial charge >= 0.3 is 0 Å². The van der Waals surface area contributed by atoms with Gasteiger partial charge in [0.05, 0.1) is 5.60 Å². The first-order valence-corrected chi connectivity index (χ1v) is 7.92. The van der Waals surface area contributed by atoms with Crippen LogP contribution >= 0.6 is 11.3 Å². The van der Waals surface area contributed by atoms with Crippen molar-refractivity contribution in [1.29, 1.82) is 0 Å². The van der Waals surface area contributed by atoms with Gasteiger partial charge in [0, 0.05) is 13.2 Å². The lowest BCUT2D eigenvalue weighted by Gasteiger charge is -2.43. The van der Waals surface area contributed by atoms with E-state index in [4.69, 9.17) is 10.5 Å². The number of hydrogen-bond acceptors (Lipinski definition) is 3. The summed E-state index contributed by atoms with van der Waals surface area (Å²) in [5.74, 6) is 0.742. The van der Waals surface area contributed by atoms with Crippen molar-refractivity contribution in [2.75, 3.05) is 7.11 Å². The van der Waals surface area contributed by atoms with Crippen molar-refractivity contribution >= 4 is 11.3 Å². The van der Waals surface area contributed by atoms with Gasteiger partial charge in [0.2, 0.25) is 0 Å². The number of hydrogen-bond donors (Lipinski definition) is 1. The van der Waals surface area contributed by atoms with Crippen LogP contribution in [-0.4, -0.2) is 18.8 Å². The van der Waals surface area contributed by atoms with Crippen molar-refractivity contribution in [2.24, 2.45) is 11.7 Å². The lowest BCUT2D eigenvalue weighted by atomic mass is 9.73. The van der Waals surface area contributed by atoms with E-state index in [2.05, 4.69) is 23.8 Å². The Morgan fingerprint density at radius 2 is 2.44 bits per heavy atom. The predicted molar refractivity (Wildman–Crippen MR) is 78.0 cm³/mol. The minimum absolute atomic E-state index is 0.0757. The highest BCUT2D eigenvalue weighted by Crippen LogP contribution is 2.37. The maximum absolute atomic E-state index is 6.45. The van der Waals surface area contributed by atoms with E-state index in [0.717, 1.165) is 31.6 Å². The molecule has 2 N–H and O–H groups in total. The first-order valence-electron chi connectivity index (χ1n) is 6.98. The molecule has 1 heterocycles. The van der Waals surface area contributed by atoms with Gasteiger partial charge in [-0.15, -0.1) is 0 Å². The largest absolute Gasteiger partial charge is 0.377 e. The number of methoxy groups -OCH3 is 1. The summed E-state index contributed by atoms with van der Waals surface area (Å²) in [6.45, 7) is 2.32. The molecule has 102 valence electrons. The number of ether oxygens (including phenoxy) is 1. The fourth-order valence-electron chi connectivity index (χ4n) is 3.24. The van der Waals surface area contributed by atoms with Gasteiger partial charge < -0.3 is 10.5 Å². The normalized spacial score (nSPS) is 30.3. The van der Waals surface area contributed by atoms with Crippen LogP contribution in [0, 0.1) is 5.92 Å². The topological polar surface area (TPSA) is 35.2 Å². The zero-order chi connectivity index (χ0) is 13.0. The molecule has 3 heteroatoms. The number of rotatable bonds is 5. The summed E-state index contributed by atoms with van der Waals surface area (Å²) in [7, 11) is 1.84. The lowest BCUT2D eigenvalue weighted by Crippen LogP contribution is -2.52. The van der Waals surface area contributed by atoms with Gasteiger partial charge in [-0.3, -0.25) is 0 Å². The van der Waals surface area contributed by atoms with Crippen LogP contribution in [0.3, 0.4) is 0 Å². The fourth-order valence-corrected chi connectivity index (χ4v) is 3.94. The minimum Gasteiger partial charge on any atom is -0.377 e. The van der Waals surface area contributed by atoms with Gasteiger partial charge in [0.1, 0.15) is 0 Å². The van der Waals surface area contributed by atoms with E-state index in [1.54, 1.807) is 11.3 Å². The molecule has 3 unspecified atom stereocenters. The molecule has 18 heavy (non-hydrogen) atoms. The Morgan fingerprint density at radius 1 is 1.61 bits per heavy atom. The van der Waals surface area contributed by atoms with Crippen LogP contribution in [0.5, 0.6) is 0 Å². The second kappa shape index (κ2) is 6.18. The molecule has 0 aliphatic heterocycles. The van der Waals surface area contributed by atoms with Gasteiger partial charge in [-0.25, -0.2) is 0 Å². The van der Waals surface area contributed by atoms with Gasteiger partial charge in [-0.2, -0.15) is 11.3 Å².